The Hall–Kier alpha value is -4.19. The summed E-state index contributed by atoms with van der Waals surface area (Å²) in [7, 11) is 0. The van der Waals surface area contributed by atoms with Crippen LogP contribution in [-0.2, 0) is 14.4 Å². The first-order valence-electron chi connectivity index (χ1n) is 10.2. The van der Waals surface area contributed by atoms with Crippen LogP contribution in [0.2, 0.25) is 0 Å². The third kappa shape index (κ3) is 7.47. The van der Waals surface area contributed by atoms with Crippen LogP contribution < -0.4 is 14.2 Å². The molecule has 0 aliphatic carbocycles. The number of hydrogen-bond donors (Lipinski definition) is 0. The summed E-state index contributed by atoms with van der Waals surface area (Å²) >= 11 is 0. The van der Waals surface area contributed by atoms with Gasteiger partial charge in [0.15, 0.2) is 0 Å². The van der Waals surface area contributed by atoms with Crippen molar-refractivity contribution in [3.8, 4) is 17.2 Å². The fourth-order valence-electron chi connectivity index (χ4n) is 2.34. The molecule has 0 amide bonds. The molecule has 0 aliphatic rings. The molecule has 0 atom stereocenters. The fourth-order valence-corrected chi connectivity index (χ4v) is 2.34. The highest BCUT2D eigenvalue weighted by molar-refractivity contribution is 5.91. The van der Waals surface area contributed by atoms with E-state index < -0.39 is 17.9 Å². The molecule has 170 valence electrons. The molecule has 2 rings (SSSR count). The van der Waals surface area contributed by atoms with Crippen LogP contribution in [0.4, 0.5) is 0 Å². The molecule has 0 aliphatic heterocycles. The summed E-state index contributed by atoms with van der Waals surface area (Å²) in [6.45, 7) is 15.7. The average molecular weight is 446 g/mol. The highest BCUT2D eigenvalue weighted by Gasteiger charge is 2.14. The van der Waals surface area contributed by atoms with Gasteiger partial charge in [-0.25, -0.2) is 14.4 Å². The number of ether oxygens (including phenoxy) is 3. The van der Waals surface area contributed by atoms with Crippen molar-refractivity contribution in [2.24, 2.45) is 0 Å². The maximum absolute atomic E-state index is 12.3. The SMILES string of the molecule is C=C(C)C(=O)Oc1ccc(/C=C/c2ccc(OC(=O)C(=C)C)cc2OC(=O)C(=C)CC)cc1. The van der Waals surface area contributed by atoms with Crippen LogP contribution in [0, 0.1) is 0 Å². The molecular weight excluding hydrogens is 420 g/mol. The van der Waals surface area contributed by atoms with Crippen molar-refractivity contribution in [2.75, 3.05) is 0 Å². The van der Waals surface area contributed by atoms with Gasteiger partial charge in [-0.1, -0.05) is 50.9 Å². The molecule has 0 saturated carbocycles. The number of rotatable bonds is 9. The van der Waals surface area contributed by atoms with Gasteiger partial charge in [-0.3, -0.25) is 0 Å². The van der Waals surface area contributed by atoms with Crippen molar-refractivity contribution < 1.29 is 28.6 Å². The van der Waals surface area contributed by atoms with Gasteiger partial charge in [0.05, 0.1) is 0 Å². The summed E-state index contributed by atoms with van der Waals surface area (Å²) in [6.07, 6.45) is 3.98. The number of carbonyl (C=O) groups excluding carboxylic acids is 3. The molecule has 0 fully saturated rings. The van der Waals surface area contributed by atoms with Crippen LogP contribution in [0.5, 0.6) is 17.2 Å². The van der Waals surface area contributed by atoms with Crippen molar-refractivity contribution in [3.63, 3.8) is 0 Å². The second-order valence-corrected chi connectivity index (χ2v) is 7.29. The molecule has 0 saturated heterocycles. The summed E-state index contributed by atoms with van der Waals surface area (Å²) in [4.78, 5) is 35.7. The van der Waals surface area contributed by atoms with Crippen molar-refractivity contribution >= 4 is 30.1 Å². The third-order valence-corrected chi connectivity index (χ3v) is 4.36. The third-order valence-electron chi connectivity index (χ3n) is 4.36. The predicted molar refractivity (Wildman–Crippen MR) is 128 cm³/mol. The highest BCUT2D eigenvalue weighted by Crippen LogP contribution is 2.28. The van der Waals surface area contributed by atoms with E-state index in [0.29, 0.717) is 28.9 Å². The number of benzene rings is 2. The summed E-state index contributed by atoms with van der Waals surface area (Å²) in [5, 5.41) is 0. The van der Waals surface area contributed by atoms with Gasteiger partial charge in [0, 0.05) is 28.3 Å². The molecular formula is C27H26O6. The Labute approximate surface area is 193 Å². The van der Waals surface area contributed by atoms with Gasteiger partial charge >= 0.3 is 17.9 Å². The zero-order valence-corrected chi connectivity index (χ0v) is 19.0. The second-order valence-electron chi connectivity index (χ2n) is 7.29. The first-order chi connectivity index (χ1) is 15.6. The topological polar surface area (TPSA) is 78.9 Å². The van der Waals surface area contributed by atoms with E-state index in [2.05, 4.69) is 19.7 Å². The Morgan fingerprint density at radius 1 is 0.758 bits per heavy atom. The lowest BCUT2D eigenvalue weighted by Crippen LogP contribution is -2.12. The van der Waals surface area contributed by atoms with Gasteiger partial charge in [-0.15, -0.1) is 0 Å². The van der Waals surface area contributed by atoms with Crippen molar-refractivity contribution in [2.45, 2.75) is 27.2 Å². The quantitative estimate of drug-likeness (QED) is 0.213. The molecule has 2 aromatic rings. The lowest BCUT2D eigenvalue weighted by atomic mass is 10.1. The van der Waals surface area contributed by atoms with Crippen molar-refractivity contribution in [1.82, 2.24) is 0 Å². The van der Waals surface area contributed by atoms with Gasteiger partial charge in [0.25, 0.3) is 0 Å². The lowest BCUT2D eigenvalue weighted by molar-refractivity contribution is -0.131. The minimum absolute atomic E-state index is 0.213. The normalized spacial score (nSPS) is 10.4. The van der Waals surface area contributed by atoms with E-state index in [1.54, 1.807) is 62.4 Å². The molecule has 6 heteroatoms. The molecule has 33 heavy (non-hydrogen) atoms. The van der Waals surface area contributed by atoms with Crippen molar-refractivity contribution in [3.05, 3.63) is 90.0 Å². The van der Waals surface area contributed by atoms with E-state index in [4.69, 9.17) is 14.2 Å². The maximum atomic E-state index is 12.3. The van der Waals surface area contributed by atoms with Crippen molar-refractivity contribution in [1.29, 1.82) is 0 Å². The zero-order valence-electron chi connectivity index (χ0n) is 19.0. The van der Waals surface area contributed by atoms with Gasteiger partial charge in [0.2, 0.25) is 0 Å². The Morgan fingerprint density at radius 3 is 1.85 bits per heavy atom. The predicted octanol–water partition coefficient (Wildman–Crippen LogP) is 5.69. The van der Waals surface area contributed by atoms with Crippen LogP contribution in [0.1, 0.15) is 38.3 Å². The van der Waals surface area contributed by atoms with E-state index >= 15 is 0 Å². The van der Waals surface area contributed by atoms with E-state index in [1.807, 2.05) is 0 Å². The monoisotopic (exact) mass is 446 g/mol. The smallest absolute Gasteiger partial charge is 0.338 e. The molecule has 0 bridgehead atoms. The van der Waals surface area contributed by atoms with E-state index in [-0.39, 0.29) is 17.1 Å². The van der Waals surface area contributed by atoms with E-state index in [0.717, 1.165) is 5.56 Å². The van der Waals surface area contributed by atoms with E-state index in [1.165, 1.54) is 13.0 Å². The molecule has 0 N–H and O–H groups in total. The minimum atomic E-state index is -0.582. The Bertz CT molecular complexity index is 1140. The summed E-state index contributed by atoms with van der Waals surface area (Å²) in [6, 6.07) is 11.6. The van der Waals surface area contributed by atoms with Gasteiger partial charge in [0.1, 0.15) is 17.2 Å². The standard InChI is InChI=1S/C27H26O6/c1-7-19(6)27(30)33-24-16-23(32-26(29)18(4)5)15-12-21(24)11-8-20-9-13-22(14-10-20)31-25(28)17(2)3/h8-16H,2,4,6-7H2,1,3,5H3/b11-8+. The molecule has 2 aromatic carbocycles. The van der Waals surface area contributed by atoms with Crippen LogP contribution >= 0.6 is 0 Å². The van der Waals surface area contributed by atoms with Gasteiger partial charge < -0.3 is 14.2 Å². The van der Waals surface area contributed by atoms with E-state index in [9.17, 15) is 14.4 Å². The Balaban J connectivity index is 2.28. The molecule has 0 heterocycles. The molecule has 0 spiro atoms. The first-order valence-corrected chi connectivity index (χ1v) is 10.2. The largest absolute Gasteiger partial charge is 0.423 e. The summed E-state index contributed by atoms with van der Waals surface area (Å²) in [5.74, 6) is -0.818. The maximum Gasteiger partial charge on any atom is 0.338 e. The average Bonchev–Trinajstić information content (AvgIpc) is 2.78. The van der Waals surface area contributed by atoms with Crippen LogP contribution in [0.25, 0.3) is 12.2 Å². The first kappa shape index (κ1) is 25.1. The van der Waals surface area contributed by atoms with Gasteiger partial charge in [-0.2, -0.15) is 0 Å². The molecule has 6 nitrogen and oxygen atoms in total. The number of carbonyl (C=O) groups is 3. The summed E-state index contributed by atoms with van der Waals surface area (Å²) in [5.41, 5.74) is 2.27. The minimum Gasteiger partial charge on any atom is -0.423 e. The Kier molecular flexibility index (Phi) is 8.69. The second kappa shape index (κ2) is 11.4. The van der Waals surface area contributed by atoms with Crippen LogP contribution in [-0.4, -0.2) is 17.9 Å². The fraction of sp³-hybridized carbons (Fsp3) is 0.148. The van der Waals surface area contributed by atoms with Gasteiger partial charge in [-0.05, 0) is 50.1 Å². The zero-order chi connectivity index (χ0) is 24.5. The molecule has 0 aromatic heterocycles. The van der Waals surface area contributed by atoms with Crippen LogP contribution in [0.15, 0.2) is 78.9 Å². The summed E-state index contributed by atoms with van der Waals surface area (Å²) < 4.78 is 15.9. The number of esters is 3. The lowest BCUT2D eigenvalue weighted by Gasteiger charge is -2.11. The molecule has 0 radical (unpaired) electrons. The van der Waals surface area contributed by atoms with Crippen LogP contribution in [0.3, 0.4) is 0 Å². The Morgan fingerprint density at radius 2 is 1.30 bits per heavy atom. The number of hydrogen-bond acceptors (Lipinski definition) is 6. The molecule has 0 unspecified atom stereocenters. The highest BCUT2D eigenvalue weighted by atomic mass is 16.5.